The summed E-state index contributed by atoms with van der Waals surface area (Å²) in [7, 11) is 7.10. The number of aliphatic hydroxyl groups is 2. The highest BCUT2D eigenvalue weighted by molar-refractivity contribution is 4.90. The largest absolute Gasteiger partial charge is 0.395 e. The van der Waals surface area contributed by atoms with E-state index in [1.54, 1.807) is 14.2 Å². The van der Waals surface area contributed by atoms with Gasteiger partial charge in [-0.3, -0.25) is 11.7 Å². The highest BCUT2D eigenvalue weighted by atomic mass is 16.7. The Balaban J connectivity index is 4.92. The average Bonchev–Trinajstić information content (AvgIpc) is 2.55. The lowest BCUT2D eigenvalue weighted by Gasteiger charge is -2.43. The molecule has 6 N–H and O–H groups in total. The third-order valence-corrected chi connectivity index (χ3v) is 4.64. The van der Waals surface area contributed by atoms with Crippen LogP contribution in [0, 0.1) is 0 Å². The molecule has 0 heterocycles. The molecular weight excluding hydrogens is 326 g/mol. The molecule has 0 spiro atoms. The van der Waals surface area contributed by atoms with Crippen LogP contribution in [0.25, 0.3) is 0 Å². The van der Waals surface area contributed by atoms with Gasteiger partial charge in [0.15, 0.2) is 6.29 Å². The van der Waals surface area contributed by atoms with E-state index >= 15 is 0 Å². The molecule has 25 heavy (non-hydrogen) atoms. The number of methoxy groups -OCH3 is 2. The second kappa shape index (κ2) is 13.8. The maximum Gasteiger partial charge on any atom is 0.177 e. The minimum Gasteiger partial charge on any atom is -0.395 e. The van der Waals surface area contributed by atoms with E-state index < -0.39 is 11.8 Å². The molecule has 0 aliphatic carbocycles. The predicted octanol–water partition coefficient (Wildman–Crippen LogP) is -1.20. The maximum absolute atomic E-state index is 9.01. The normalized spacial score (nSPS) is 13.0. The van der Waals surface area contributed by atoms with Crippen LogP contribution in [-0.2, 0) is 9.47 Å². The number of nitrogens with two attached hydrogens (primary N) is 2. The van der Waals surface area contributed by atoms with Gasteiger partial charge in [0, 0.05) is 27.3 Å². The molecule has 0 bridgehead atoms. The molecule has 9 nitrogen and oxygen atoms in total. The Morgan fingerprint density at radius 1 is 0.840 bits per heavy atom. The van der Waals surface area contributed by atoms with Crippen molar-refractivity contribution in [2.45, 2.75) is 37.5 Å². The molecular formula is C16H39N5O4. The molecule has 0 saturated carbocycles. The number of rotatable bonds is 16. The molecule has 0 aliphatic rings. The number of nitrogens with zero attached hydrogens (tertiary/aromatic N) is 3. The third-order valence-electron chi connectivity index (χ3n) is 4.64. The second-order valence-electron chi connectivity index (χ2n) is 6.58. The Kier molecular flexibility index (Phi) is 13.6. The van der Waals surface area contributed by atoms with E-state index in [2.05, 4.69) is 9.80 Å². The minimum absolute atomic E-state index is 0.136. The van der Waals surface area contributed by atoms with Crippen LogP contribution in [0.1, 0.15) is 25.7 Å². The molecule has 0 aromatic carbocycles. The molecule has 0 radical (unpaired) electrons. The number of hydrazine groups is 2. The molecule has 0 rings (SSSR count). The topological polar surface area (TPSA) is 121 Å². The zero-order valence-electron chi connectivity index (χ0n) is 16.4. The molecule has 0 atom stereocenters. The Bertz CT molecular complexity index is 301. The van der Waals surface area contributed by atoms with E-state index in [4.69, 9.17) is 31.4 Å². The fraction of sp³-hybridized carbons (Fsp3) is 1.00. The first-order valence-corrected chi connectivity index (χ1v) is 8.82. The van der Waals surface area contributed by atoms with Crippen LogP contribution in [0.4, 0.5) is 0 Å². The fourth-order valence-electron chi connectivity index (χ4n) is 3.15. The number of likely N-dealkylation sites (N-methyl/N-ethyl adjacent to an activating group) is 2. The van der Waals surface area contributed by atoms with Crippen molar-refractivity contribution in [1.29, 1.82) is 0 Å². The monoisotopic (exact) mass is 365 g/mol. The number of hydrogen-bond donors (Lipinski definition) is 4. The van der Waals surface area contributed by atoms with Crippen LogP contribution in [0.5, 0.6) is 0 Å². The lowest BCUT2D eigenvalue weighted by Crippen LogP contribution is -2.64. The number of hydrogen-bond acceptors (Lipinski definition) is 9. The van der Waals surface area contributed by atoms with Crippen molar-refractivity contribution >= 4 is 0 Å². The molecule has 0 fully saturated rings. The lowest BCUT2D eigenvalue weighted by atomic mass is 9.87. The number of aliphatic hydroxyl groups excluding tert-OH is 2. The quantitative estimate of drug-likeness (QED) is 0.152. The predicted molar refractivity (Wildman–Crippen MR) is 98.4 cm³/mol. The van der Waals surface area contributed by atoms with Gasteiger partial charge in [-0.15, -0.1) is 0 Å². The van der Waals surface area contributed by atoms with Crippen molar-refractivity contribution in [2.75, 3.05) is 67.7 Å². The zero-order chi connectivity index (χ0) is 19.3. The standard InChI is InChI=1S/C16H39N5O4/c1-19(11-13-22)9-5-7-16(21(17)18,15(24-3)25-4)8-6-10-20(2)12-14-23/h15,22-23H,5-14,17-18H2,1-4H3. The first-order chi connectivity index (χ1) is 11.9. The first kappa shape index (κ1) is 24.6. The molecule has 0 saturated heterocycles. The van der Waals surface area contributed by atoms with Crippen LogP contribution >= 0.6 is 0 Å². The zero-order valence-corrected chi connectivity index (χ0v) is 16.4. The van der Waals surface area contributed by atoms with Crippen LogP contribution < -0.4 is 11.7 Å². The van der Waals surface area contributed by atoms with Gasteiger partial charge in [-0.25, -0.2) is 0 Å². The van der Waals surface area contributed by atoms with Gasteiger partial charge in [-0.05, 0) is 52.9 Å². The van der Waals surface area contributed by atoms with Gasteiger partial charge in [-0.1, -0.05) is 0 Å². The van der Waals surface area contributed by atoms with Gasteiger partial charge in [-0.2, -0.15) is 5.12 Å². The highest BCUT2D eigenvalue weighted by Gasteiger charge is 2.42. The van der Waals surface area contributed by atoms with Crippen LogP contribution in [0.15, 0.2) is 0 Å². The Morgan fingerprint density at radius 3 is 1.52 bits per heavy atom. The second-order valence-corrected chi connectivity index (χ2v) is 6.58. The van der Waals surface area contributed by atoms with E-state index in [1.807, 2.05) is 14.1 Å². The summed E-state index contributed by atoms with van der Waals surface area (Å²) >= 11 is 0. The van der Waals surface area contributed by atoms with Crippen molar-refractivity contribution < 1.29 is 19.7 Å². The van der Waals surface area contributed by atoms with Crippen molar-refractivity contribution in [1.82, 2.24) is 14.9 Å². The van der Waals surface area contributed by atoms with E-state index in [0.717, 1.165) is 25.9 Å². The number of ether oxygens (including phenoxy) is 2. The van der Waals surface area contributed by atoms with Gasteiger partial charge >= 0.3 is 0 Å². The summed E-state index contributed by atoms with van der Waals surface area (Å²) in [4.78, 5) is 4.12. The molecule has 0 aromatic rings. The Morgan fingerprint density at radius 2 is 1.24 bits per heavy atom. The molecule has 0 aliphatic heterocycles. The fourth-order valence-corrected chi connectivity index (χ4v) is 3.15. The third kappa shape index (κ3) is 8.72. The Labute approximate surface area is 152 Å². The molecule has 0 amide bonds. The summed E-state index contributed by atoms with van der Waals surface area (Å²) in [5, 5.41) is 19.2. The van der Waals surface area contributed by atoms with E-state index in [0.29, 0.717) is 25.9 Å². The van der Waals surface area contributed by atoms with E-state index in [-0.39, 0.29) is 13.2 Å². The van der Waals surface area contributed by atoms with Crippen molar-refractivity contribution in [3.05, 3.63) is 0 Å². The van der Waals surface area contributed by atoms with E-state index in [9.17, 15) is 0 Å². The summed E-state index contributed by atoms with van der Waals surface area (Å²) in [6.45, 7) is 3.17. The van der Waals surface area contributed by atoms with Gasteiger partial charge in [0.05, 0.1) is 13.2 Å². The summed E-state index contributed by atoms with van der Waals surface area (Å²) < 4.78 is 11.0. The maximum atomic E-state index is 9.01. The summed E-state index contributed by atoms with van der Waals surface area (Å²) in [6.07, 6.45) is 2.54. The van der Waals surface area contributed by atoms with Gasteiger partial charge in [0.2, 0.25) is 0 Å². The van der Waals surface area contributed by atoms with Gasteiger partial charge < -0.3 is 29.5 Å². The smallest absolute Gasteiger partial charge is 0.177 e. The molecule has 0 unspecified atom stereocenters. The lowest BCUT2D eigenvalue weighted by molar-refractivity contribution is -0.198. The van der Waals surface area contributed by atoms with Crippen molar-refractivity contribution in [3.8, 4) is 0 Å². The van der Waals surface area contributed by atoms with Crippen LogP contribution in [0.3, 0.4) is 0 Å². The molecule has 9 heteroatoms. The average molecular weight is 366 g/mol. The van der Waals surface area contributed by atoms with Crippen molar-refractivity contribution in [2.24, 2.45) is 11.7 Å². The Hall–Kier alpha value is -0.360. The van der Waals surface area contributed by atoms with Crippen LogP contribution in [-0.4, -0.2) is 105 Å². The first-order valence-electron chi connectivity index (χ1n) is 8.82. The van der Waals surface area contributed by atoms with Crippen LogP contribution in [0.2, 0.25) is 0 Å². The molecule has 152 valence electrons. The van der Waals surface area contributed by atoms with Gasteiger partial charge in [0.1, 0.15) is 5.54 Å². The SMILES string of the molecule is COC(OC)C(CCCN(C)CCO)(CCCN(C)CCO)N(N)N. The van der Waals surface area contributed by atoms with E-state index in [1.165, 1.54) is 5.12 Å². The summed E-state index contributed by atoms with van der Waals surface area (Å²) in [6, 6.07) is 0. The van der Waals surface area contributed by atoms with Crippen molar-refractivity contribution in [3.63, 3.8) is 0 Å². The minimum atomic E-state index is -0.649. The summed E-state index contributed by atoms with van der Waals surface area (Å²) in [5.41, 5.74) is -0.649. The summed E-state index contributed by atoms with van der Waals surface area (Å²) in [5.74, 6) is 12.0. The molecule has 0 aromatic heterocycles. The van der Waals surface area contributed by atoms with Gasteiger partial charge in [0.25, 0.3) is 0 Å². The highest BCUT2D eigenvalue weighted by Crippen LogP contribution is 2.30.